The van der Waals surface area contributed by atoms with Crippen molar-refractivity contribution in [3.05, 3.63) is 83.9 Å². The number of aliphatic carboxylic acids is 1. The fourth-order valence-electron chi connectivity index (χ4n) is 3.96. The summed E-state index contributed by atoms with van der Waals surface area (Å²) in [6, 6.07) is 22.5. The van der Waals surface area contributed by atoms with E-state index in [9.17, 15) is 22.8 Å². The molecule has 1 aliphatic heterocycles. The van der Waals surface area contributed by atoms with Crippen LogP contribution in [0.3, 0.4) is 0 Å². The summed E-state index contributed by atoms with van der Waals surface area (Å²) in [6.07, 6.45) is -3.31. The number of hydrogen-bond donors (Lipinski definition) is 4. The van der Waals surface area contributed by atoms with Gasteiger partial charge in [-0.2, -0.15) is 13.2 Å². The summed E-state index contributed by atoms with van der Waals surface area (Å²) in [4.78, 5) is 41.3. The summed E-state index contributed by atoms with van der Waals surface area (Å²) in [5.74, 6) is -3.94. The van der Waals surface area contributed by atoms with Gasteiger partial charge in [-0.15, -0.1) is 11.8 Å². The van der Waals surface area contributed by atoms with Crippen molar-refractivity contribution >= 4 is 46.8 Å². The van der Waals surface area contributed by atoms with Gasteiger partial charge >= 0.3 is 18.1 Å². The molecule has 3 aromatic rings. The number of carbonyl (C=O) groups excluding carboxylic acids is 2. The van der Waals surface area contributed by atoms with Crippen LogP contribution in [0.4, 0.5) is 18.9 Å². The smallest absolute Gasteiger partial charge is 0.475 e. The molecule has 1 amide bonds. The van der Waals surface area contributed by atoms with Crippen LogP contribution in [-0.2, 0) is 24.0 Å². The second kappa shape index (κ2) is 13.9. The van der Waals surface area contributed by atoms with Crippen LogP contribution >= 0.6 is 11.8 Å². The maximum atomic E-state index is 13.4. The first-order valence-corrected chi connectivity index (χ1v) is 13.6. The molecule has 14 heteroatoms. The molecule has 0 aromatic heterocycles. The van der Waals surface area contributed by atoms with Crippen molar-refractivity contribution in [1.82, 2.24) is 0 Å². The predicted molar refractivity (Wildman–Crippen MR) is 155 cm³/mol. The summed E-state index contributed by atoms with van der Waals surface area (Å²) >= 11 is 1.67. The number of esters is 1. The number of anilines is 1. The molecule has 10 nitrogen and oxygen atoms in total. The van der Waals surface area contributed by atoms with E-state index in [-0.39, 0.29) is 18.7 Å². The van der Waals surface area contributed by atoms with Gasteiger partial charge in [-0.1, -0.05) is 53.7 Å². The van der Waals surface area contributed by atoms with E-state index in [1.165, 1.54) is 7.11 Å². The number of thioether (sulfide) groups is 1. The molecule has 5 N–H and O–H groups in total. The lowest BCUT2D eigenvalue weighted by Gasteiger charge is -2.24. The highest BCUT2D eigenvalue weighted by Crippen LogP contribution is 2.34. The average molecular weight is 617 g/mol. The van der Waals surface area contributed by atoms with Crippen molar-refractivity contribution in [3.63, 3.8) is 0 Å². The highest BCUT2D eigenvalue weighted by Gasteiger charge is 2.49. The highest BCUT2D eigenvalue weighted by molar-refractivity contribution is 7.98. The molecule has 0 fully saturated rings. The first-order valence-electron chi connectivity index (χ1n) is 12.4. The number of amidine groups is 1. The molecule has 0 aliphatic carbocycles. The molecule has 1 aliphatic rings. The Bertz CT molecular complexity index is 1550. The summed E-state index contributed by atoms with van der Waals surface area (Å²) in [6.45, 7) is 0. The second-order valence-electron chi connectivity index (χ2n) is 9.08. The van der Waals surface area contributed by atoms with Crippen molar-refractivity contribution in [2.45, 2.75) is 29.5 Å². The van der Waals surface area contributed by atoms with Gasteiger partial charge < -0.3 is 25.7 Å². The average Bonchev–Trinajstić information content (AvgIpc) is 3.42. The lowest BCUT2D eigenvalue weighted by molar-refractivity contribution is -0.192. The van der Waals surface area contributed by atoms with Crippen LogP contribution in [0.2, 0.25) is 0 Å². The topological polar surface area (TPSA) is 164 Å². The molecular formula is C29H27F3N4O6S. The van der Waals surface area contributed by atoms with Gasteiger partial charge in [0.15, 0.2) is 0 Å². The molecule has 43 heavy (non-hydrogen) atoms. The van der Waals surface area contributed by atoms with E-state index in [1.807, 2.05) is 42.7 Å². The number of carboxylic acids is 1. The van der Waals surface area contributed by atoms with E-state index >= 15 is 0 Å². The van der Waals surface area contributed by atoms with E-state index in [1.54, 1.807) is 36.0 Å². The normalized spacial score (nSPS) is 15.7. The molecule has 1 atom stereocenters. The van der Waals surface area contributed by atoms with Gasteiger partial charge in [0.1, 0.15) is 5.84 Å². The number of ether oxygens (including phenoxy) is 1. The number of carboxylic acid groups (broad SMARTS) is 1. The lowest BCUT2D eigenvalue weighted by atomic mass is 9.89. The zero-order valence-corrected chi connectivity index (χ0v) is 23.7. The van der Waals surface area contributed by atoms with Gasteiger partial charge in [0.2, 0.25) is 5.60 Å². The fourth-order valence-corrected chi connectivity index (χ4v) is 4.58. The number of nitrogens with two attached hydrogens (primary N) is 1. The number of hydrogen-bond acceptors (Lipinski definition) is 8. The number of halogens is 3. The van der Waals surface area contributed by atoms with Gasteiger partial charge in [0, 0.05) is 28.1 Å². The standard InChI is InChI=1S/C27H26N4O4S.C2HF3O2/c1-34-24(32)16-27(15-22(31-35-27)18-6-5-7-19(14-18)25(28)29)26(33)30-20-12-10-17(11-13-20)21-8-3-4-9-23(21)36-2;3-2(4,5)1(6)7/h3-14H,15-16H2,1-2H3,(H3,28,29)(H,30,33);(H,6,7). The Balaban J connectivity index is 0.000000646. The van der Waals surface area contributed by atoms with E-state index in [0.29, 0.717) is 22.5 Å². The number of nitrogen functional groups attached to an aromatic ring is 1. The maximum Gasteiger partial charge on any atom is 0.490 e. The summed E-state index contributed by atoms with van der Waals surface area (Å²) in [5.41, 5.74) is 8.37. The zero-order valence-electron chi connectivity index (χ0n) is 22.9. The minimum Gasteiger partial charge on any atom is -0.475 e. The number of benzene rings is 3. The van der Waals surface area contributed by atoms with Gasteiger partial charge in [-0.3, -0.25) is 15.0 Å². The molecule has 0 radical (unpaired) electrons. The molecule has 1 unspecified atom stereocenters. The van der Waals surface area contributed by atoms with Crippen LogP contribution in [0, 0.1) is 5.41 Å². The van der Waals surface area contributed by atoms with E-state index in [4.69, 9.17) is 30.6 Å². The van der Waals surface area contributed by atoms with Gasteiger partial charge in [0.05, 0.1) is 19.2 Å². The Morgan fingerprint density at radius 3 is 2.33 bits per heavy atom. The molecule has 1 heterocycles. The minimum atomic E-state index is -5.08. The zero-order chi connectivity index (χ0) is 31.8. The Morgan fingerprint density at radius 2 is 1.74 bits per heavy atom. The first-order chi connectivity index (χ1) is 20.3. The molecule has 3 aromatic carbocycles. The predicted octanol–water partition coefficient (Wildman–Crippen LogP) is 5.06. The van der Waals surface area contributed by atoms with E-state index in [0.717, 1.165) is 16.0 Å². The molecular weight excluding hydrogens is 589 g/mol. The number of rotatable bonds is 8. The Morgan fingerprint density at radius 1 is 1.09 bits per heavy atom. The molecule has 0 saturated carbocycles. The third-order valence-electron chi connectivity index (χ3n) is 6.17. The summed E-state index contributed by atoms with van der Waals surface area (Å²) < 4.78 is 36.6. The van der Waals surface area contributed by atoms with Crippen LogP contribution in [-0.4, -0.2) is 59.6 Å². The fraction of sp³-hybridized carbons (Fsp3) is 0.207. The Hall–Kier alpha value is -4.85. The van der Waals surface area contributed by atoms with E-state index in [2.05, 4.69) is 22.6 Å². The monoisotopic (exact) mass is 616 g/mol. The second-order valence-corrected chi connectivity index (χ2v) is 9.93. The molecule has 0 spiro atoms. The van der Waals surface area contributed by atoms with Crippen LogP contribution in [0.1, 0.15) is 24.0 Å². The van der Waals surface area contributed by atoms with Gasteiger partial charge in [-0.05, 0) is 41.6 Å². The van der Waals surface area contributed by atoms with Crippen molar-refractivity contribution in [2.24, 2.45) is 10.9 Å². The number of alkyl halides is 3. The minimum absolute atomic E-state index is 0.0501. The largest absolute Gasteiger partial charge is 0.490 e. The maximum absolute atomic E-state index is 13.4. The number of methoxy groups -OCH3 is 1. The number of nitrogens with zero attached hydrogens (tertiary/aromatic N) is 1. The lowest BCUT2D eigenvalue weighted by Crippen LogP contribution is -2.45. The molecule has 4 rings (SSSR count). The van der Waals surface area contributed by atoms with Crippen molar-refractivity contribution in [3.8, 4) is 11.1 Å². The number of amides is 1. The molecule has 0 bridgehead atoms. The van der Waals surface area contributed by atoms with Gasteiger partial charge in [0.25, 0.3) is 5.91 Å². The number of carbonyl (C=O) groups is 3. The highest BCUT2D eigenvalue weighted by atomic mass is 32.2. The van der Waals surface area contributed by atoms with Crippen molar-refractivity contribution in [1.29, 1.82) is 5.41 Å². The number of oxime groups is 1. The van der Waals surface area contributed by atoms with E-state index < -0.39 is 29.6 Å². The number of nitrogens with one attached hydrogen (secondary N) is 2. The Labute approximate surface area is 248 Å². The van der Waals surface area contributed by atoms with Crippen LogP contribution in [0.5, 0.6) is 0 Å². The van der Waals surface area contributed by atoms with Crippen molar-refractivity contribution < 1.29 is 42.2 Å². The van der Waals surface area contributed by atoms with Crippen LogP contribution < -0.4 is 11.1 Å². The van der Waals surface area contributed by atoms with Crippen LogP contribution in [0.15, 0.2) is 82.8 Å². The van der Waals surface area contributed by atoms with Gasteiger partial charge in [-0.25, -0.2) is 4.79 Å². The molecule has 0 saturated heterocycles. The quantitative estimate of drug-likeness (QED) is 0.118. The first kappa shape index (κ1) is 32.7. The van der Waals surface area contributed by atoms with Crippen molar-refractivity contribution in [2.75, 3.05) is 18.7 Å². The molecule has 226 valence electrons. The third-order valence-corrected chi connectivity index (χ3v) is 6.96. The SMILES string of the molecule is COC(=O)CC1(C(=O)Nc2ccc(-c3ccccc3SC)cc2)CC(c2cccc(C(=N)N)c2)=NO1.O=C(O)C(F)(F)F. The third kappa shape index (κ3) is 8.35. The summed E-state index contributed by atoms with van der Waals surface area (Å²) in [7, 11) is 1.26. The summed E-state index contributed by atoms with van der Waals surface area (Å²) in [5, 5.41) is 21.8. The Kier molecular flexibility index (Phi) is 10.5. The van der Waals surface area contributed by atoms with Crippen LogP contribution in [0.25, 0.3) is 11.1 Å².